The number of aryl methyl sites for hydroxylation is 1. The minimum absolute atomic E-state index is 0.292. The van der Waals surface area contributed by atoms with Crippen LogP contribution in [-0.4, -0.2) is 37.3 Å². The molecule has 208 valence electrons. The molecule has 4 aromatic rings. The van der Waals surface area contributed by atoms with Crippen LogP contribution in [0.5, 0.6) is 5.75 Å². The van der Waals surface area contributed by atoms with E-state index in [1.54, 1.807) is 0 Å². The first-order valence-corrected chi connectivity index (χ1v) is 13.7. The van der Waals surface area contributed by atoms with Crippen LogP contribution in [0, 0.1) is 6.92 Å². The van der Waals surface area contributed by atoms with Crippen molar-refractivity contribution in [2.45, 2.75) is 57.4 Å². The van der Waals surface area contributed by atoms with Crippen LogP contribution >= 0.6 is 0 Å². The highest BCUT2D eigenvalue weighted by atomic mass is 16.7. The van der Waals surface area contributed by atoms with E-state index in [0.717, 1.165) is 22.3 Å². The fourth-order valence-corrected chi connectivity index (χ4v) is 4.73. The van der Waals surface area contributed by atoms with E-state index in [-0.39, 0.29) is 0 Å². The summed E-state index contributed by atoms with van der Waals surface area (Å²) in [4.78, 5) is 0. The molecule has 4 aromatic carbocycles. The van der Waals surface area contributed by atoms with Gasteiger partial charge in [0.05, 0.1) is 32.5 Å². The zero-order valence-corrected chi connectivity index (χ0v) is 22.8. The molecule has 0 aromatic heterocycles. The van der Waals surface area contributed by atoms with Crippen molar-refractivity contribution in [3.05, 3.63) is 138 Å². The van der Waals surface area contributed by atoms with Gasteiger partial charge in [-0.25, -0.2) is 0 Å². The second-order valence-corrected chi connectivity index (χ2v) is 10.1. The molecule has 1 aliphatic rings. The van der Waals surface area contributed by atoms with Gasteiger partial charge < -0.3 is 29.4 Å². The third kappa shape index (κ3) is 7.78. The van der Waals surface area contributed by atoms with Gasteiger partial charge in [-0.2, -0.15) is 0 Å². The van der Waals surface area contributed by atoms with E-state index in [1.807, 2.05) is 122 Å². The van der Waals surface area contributed by atoms with Crippen LogP contribution in [0.4, 0.5) is 0 Å². The summed E-state index contributed by atoms with van der Waals surface area (Å²) in [6.07, 6.45) is -2.19. The number of hydrogen-bond donors (Lipinski definition) is 1. The Morgan fingerprint density at radius 1 is 0.625 bits per heavy atom. The predicted molar refractivity (Wildman–Crippen MR) is 155 cm³/mol. The molecule has 1 saturated heterocycles. The molecule has 6 nitrogen and oxygen atoms in total. The molecule has 5 rings (SSSR count). The molecule has 1 aliphatic heterocycles. The lowest BCUT2D eigenvalue weighted by molar-refractivity contribution is -0.266. The average molecular weight is 540 g/mol. The first kappa shape index (κ1) is 28.0. The van der Waals surface area contributed by atoms with E-state index in [2.05, 4.69) is 0 Å². The van der Waals surface area contributed by atoms with Crippen molar-refractivity contribution >= 4 is 0 Å². The quantitative estimate of drug-likeness (QED) is 0.245. The Kier molecular flexibility index (Phi) is 9.96. The van der Waals surface area contributed by atoms with E-state index in [0.29, 0.717) is 32.2 Å². The topological polar surface area (TPSA) is 72.2 Å². The van der Waals surface area contributed by atoms with Crippen LogP contribution in [0.1, 0.15) is 22.3 Å². The number of nitrogens with two attached hydrogens (primary N) is 1. The summed E-state index contributed by atoms with van der Waals surface area (Å²) < 4.78 is 31.9. The van der Waals surface area contributed by atoms with Gasteiger partial charge in [0.15, 0.2) is 0 Å². The largest absolute Gasteiger partial charge is 0.463 e. The highest BCUT2D eigenvalue weighted by Gasteiger charge is 2.47. The summed E-state index contributed by atoms with van der Waals surface area (Å²) in [7, 11) is 0. The summed E-state index contributed by atoms with van der Waals surface area (Å²) in [6.45, 7) is 3.57. The number of rotatable bonds is 12. The molecule has 0 aliphatic carbocycles. The average Bonchev–Trinajstić information content (AvgIpc) is 3.00. The van der Waals surface area contributed by atoms with Crippen LogP contribution in [0.15, 0.2) is 115 Å². The number of ether oxygens (including phenoxy) is 5. The highest BCUT2D eigenvalue weighted by molar-refractivity contribution is 5.26. The van der Waals surface area contributed by atoms with Crippen LogP contribution in [-0.2, 0) is 38.8 Å². The van der Waals surface area contributed by atoms with E-state index in [4.69, 9.17) is 29.4 Å². The monoisotopic (exact) mass is 539 g/mol. The van der Waals surface area contributed by atoms with Crippen molar-refractivity contribution in [3.63, 3.8) is 0 Å². The van der Waals surface area contributed by atoms with Crippen LogP contribution in [0.3, 0.4) is 0 Å². The molecule has 1 heterocycles. The maximum atomic E-state index is 6.81. The smallest absolute Gasteiger partial charge is 0.218 e. The fraction of sp³-hybridized carbons (Fsp3) is 0.294. The van der Waals surface area contributed by atoms with Crippen LogP contribution < -0.4 is 10.5 Å². The molecule has 0 bridgehead atoms. The second kappa shape index (κ2) is 14.2. The van der Waals surface area contributed by atoms with Gasteiger partial charge in [0.25, 0.3) is 0 Å². The van der Waals surface area contributed by atoms with Gasteiger partial charge in [0.2, 0.25) is 6.29 Å². The first-order valence-electron chi connectivity index (χ1n) is 13.7. The molecule has 0 saturated carbocycles. The summed E-state index contributed by atoms with van der Waals surface area (Å²) in [5.74, 6) is 0.681. The number of benzene rings is 4. The van der Waals surface area contributed by atoms with Gasteiger partial charge in [0.1, 0.15) is 24.1 Å². The van der Waals surface area contributed by atoms with Crippen molar-refractivity contribution in [1.82, 2.24) is 0 Å². The first-order chi connectivity index (χ1) is 19.7. The van der Waals surface area contributed by atoms with Crippen molar-refractivity contribution in [2.24, 2.45) is 5.73 Å². The van der Waals surface area contributed by atoms with Crippen molar-refractivity contribution in [2.75, 3.05) is 6.61 Å². The minimum Gasteiger partial charge on any atom is -0.463 e. The molecule has 40 heavy (non-hydrogen) atoms. The molecule has 0 amide bonds. The highest BCUT2D eigenvalue weighted by Crippen LogP contribution is 2.29. The van der Waals surface area contributed by atoms with Gasteiger partial charge in [-0.15, -0.1) is 0 Å². The molecule has 2 N–H and O–H groups in total. The lowest BCUT2D eigenvalue weighted by Gasteiger charge is -2.44. The fourth-order valence-electron chi connectivity index (χ4n) is 4.73. The second-order valence-electron chi connectivity index (χ2n) is 10.1. The summed E-state index contributed by atoms with van der Waals surface area (Å²) in [5, 5.41) is 0. The lowest BCUT2D eigenvalue weighted by atomic mass is 9.96. The zero-order valence-electron chi connectivity index (χ0n) is 22.8. The predicted octanol–water partition coefficient (Wildman–Crippen LogP) is 5.81. The number of hydrogen-bond acceptors (Lipinski definition) is 6. The Morgan fingerprint density at radius 3 is 1.68 bits per heavy atom. The summed E-state index contributed by atoms with van der Waals surface area (Å²) >= 11 is 0. The SMILES string of the molecule is Cc1ccc(O[C@H]2O[C@H](COCc3ccccc3)[C@H](OCc3ccccc3)[C@H](OCc3ccccc3)[C@H]2N)cc1. The Balaban J connectivity index is 1.37. The molecule has 0 spiro atoms. The van der Waals surface area contributed by atoms with Crippen molar-refractivity contribution in [1.29, 1.82) is 0 Å². The van der Waals surface area contributed by atoms with Crippen LogP contribution in [0.2, 0.25) is 0 Å². The molecule has 5 atom stereocenters. The van der Waals surface area contributed by atoms with E-state index < -0.39 is 30.6 Å². The Morgan fingerprint density at radius 2 is 1.12 bits per heavy atom. The molecular formula is C34H37NO5. The Bertz CT molecular complexity index is 1270. The maximum absolute atomic E-state index is 6.81. The molecule has 0 unspecified atom stereocenters. The molecule has 6 heteroatoms. The molecular weight excluding hydrogens is 502 g/mol. The lowest BCUT2D eigenvalue weighted by Crippen LogP contribution is -2.64. The van der Waals surface area contributed by atoms with Gasteiger partial charge in [-0.05, 0) is 35.7 Å². The summed E-state index contributed by atoms with van der Waals surface area (Å²) in [5.41, 5.74) is 11.1. The normalized spacial score (nSPS) is 22.6. The molecule has 1 fully saturated rings. The third-order valence-corrected chi connectivity index (χ3v) is 6.93. The third-order valence-electron chi connectivity index (χ3n) is 6.93. The Labute approximate surface area is 236 Å². The van der Waals surface area contributed by atoms with Crippen molar-refractivity contribution in [3.8, 4) is 5.75 Å². The zero-order chi connectivity index (χ0) is 27.6. The van der Waals surface area contributed by atoms with Gasteiger partial charge >= 0.3 is 0 Å². The Hall–Kier alpha value is -3.52. The maximum Gasteiger partial charge on any atom is 0.218 e. The minimum atomic E-state index is -0.745. The van der Waals surface area contributed by atoms with Gasteiger partial charge in [-0.1, -0.05) is 109 Å². The van der Waals surface area contributed by atoms with E-state index >= 15 is 0 Å². The van der Waals surface area contributed by atoms with Crippen molar-refractivity contribution < 1.29 is 23.7 Å². The van der Waals surface area contributed by atoms with E-state index in [9.17, 15) is 0 Å². The summed E-state index contributed by atoms with van der Waals surface area (Å²) in [6, 6.07) is 37.4. The van der Waals surface area contributed by atoms with E-state index in [1.165, 1.54) is 0 Å². The van der Waals surface area contributed by atoms with Gasteiger partial charge in [0, 0.05) is 0 Å². The standard InChI is InChI=1S/C34H37NO5/c1-25-17-19-29(20-18-25)39-34-31(35)33(38-23-28-15-9-4-10-16-28)32(37-22-27-13-7-3-8-14-27)30(40-34)24-36-21-26-11-5-2-6-12-26/h2-20,30-34H,21-24,35H2,1H3/t30-,31-,32+,33-,34+/m1/s1. The van der Waals surface area contributed by atoms with Crippen LogP contribution in [0.25, 0.3) is 0 Å². The molecule has 0 radical (unpaired) electrons. The van der Waals surface area contributed by atoms with Gasteiger partial charge in [-0.3, -0.25) is 0 Å².